The Kier molecular flexibility index (Phi) is 2.14. The van der Waals surface area contributed by atoms with Gasteiger partial charge in [0.2, 0.25) is 0 Å². The smallest absolute Gasteiger partial charge is 0.145 e. The summed E-state index contributed by atoms with van der Waals surface area (Å²) in [6.07, 6.45) is 0.954. The maximum absolute atomic E-state index is 12.8. The molecular weight excluding hydrogens is 193 g/mol. The summed E-state index contributed by atoms with van der Waals surface area (Å²) in [4.78, 5) is 0. The standard InChI is InChI=1S/C9H9ClFNO/c10-8-6(11)2-1-5(9(8)13)7-3-4-12-7/h1-2,7,12-13H,3-4H2/t7-/m1/s1. The molecule has 1 fully saturated rings. The van der Waals surface area contributed by atoms with Crippen LogP contribution in [-0.4, -0.2) is 11.7 Å². The molecule has 4 heteroatoms. The Hall–Kier alpha value is -0.800. The minimum atomic E-state index is -0.581. The Labute approximate surface area is 80.3 Å². The lowest BCUT2D eigenvalue weighted by molar-refractivity contribution is 0.363. The number of benzene rings is 1. The summed E-state index contributed by atoms with van der Waals surface area (Å²) >= 11 is 5.56. The van der Waals surface area contributed by atoms with Crippen LogP contribution < -0.4 is 5.32 Å². The van der Waals surface area contributed by atoms with Crippen molar-refractivity contribution in [2.24, 2.45) is 0 Å². The summed E-state index contributed by atoms with van der Waals surface area (Å²) in [5.41, 5.74) is 0.678. The van der Waals surface area contributed by atoms with Crippen LogP contribution in [0.2, 0.25) is 5.02 Å². The van der Waals surface area contributed by atoms with Crippen molar-refractivity contribution in [3.05, 3.63) is 28.5 Å². The van der Waals surface area contributed by atoms with Crippen LogP contribution in [0.4, 0.5) is 4.39 Å². The Morgan fingerprint density at radius 2 is 2.23 bits per heavy atom. The van der Waals surface area contributed by atoms with Crippen LogP contribution in [0.15, 0.2) is 12.1 Å². The number of rotatable bonds is 1. The van der Waals surface area contributed by atoms with Gasteiger partial charge in [0.05, 0.1) is 0 Å². The topological polar surface area (TPSA) is 32.3 Å². The zero-order chi connectivity index (χ0) is 9.42. The highest BCUT2D eigenvalue weighted by Gasteiger charge is 2.23. The van der Waals surface area contributed by atoms with E-state index in [0.717, 1.165) is 13.0 Å². The second-order valence-corrected chi connectivity index (χ2v) is 3.47. The third-order valence-corrected chi connectivity index (χ3v) is 2.66. The van der Waals surface area contributed by atoms with E-state index in [2.05, 4.69) is 5.32 Å². The molecule has 70 valence electrons. The third-order valence-electron chi connectivity index (χ3n) is 2.30. The SMILES string of the molecule is Oc1c([C@H]2CCN2)ccc(F)c1Cl. The summed E-state index contributed by atoms with van der Waals surface area (Å²) in [6.45, 7) is 0.930. The van der Waals surface area contributed by atoms with Crippen molar-refractivity contribution in [3.8, 4) is 5.75 Å². The van der Waals surface area contributed by atoms with Gasteiger partial charge in [-0.1, -0.05) is 17.7 Å². The van der Waals surface area contributed by atoms with E-state index in [9.17, 15) is 9.50 Å². The van der Waals surface area contributed by atoms with Crippen molar-refractivity contribution in [2.75, 3.05) is 6.54 Å². The molecule has 0 saturated carbocycles. The van der Waals surface area contributed by atoms with Crippen LogP contribution in [0.5, 0.6) is 5.75 Å². The van der Waals surface area contributed by atoms with E-state index in [-0.39, 0.29) is 16.8 Å². The van der Waals surface area contributed by atoms with Crippen LogP contribution in [0.3, 0.4) is 0 Å². The molecule has 0 unspecified atom stereocenters. The zero-order valence-corrected chi connectivity index (χ0v) is 7.61. The Bertz CT molecular complexity index is 339. The van der Waals surface area contributed by atoms with Gasteiger partial charge in [0.25, 0.3) is 0 Å². The molecule has 1 saturated heterocycles. The van der Waals surface area contributed by atoms with Crippen LogP contribution in [-0.2, 0) is 0 Å². The molecule has 1 atom stereocenters. The normalized spacial score (nSPS) is 21.2. The molecule has 1 aliphatic heterocycles. The number of hydrogen-bond acceptors (Lipinski definition) is 2. The molecule has 0 amide bonds. The quantitative estimate of drug-likeness (QED) is 0.730. The average Bonchev–Trinajstić information content (AvgIpc) is 2.03. The van der Waals surface area contributed by atoms with E-state index in [1.54, 1.807) is 6.07 Å². The summed E-state index contributed by atoms with van der Waals surface area (Å²) in [5, 5.41) is 12.4. The van der Waals surface area contributed by atoms with Gasteiger partial charge in [-0.25, -0.2) is 4.39 Å². The van der Waals surface area contributed by atoms with Crippen molar-refractivity contribution in [3.63, 3.8) is 0 Å². The highest BCUT2D eigenvalue weighted by atomic mass is 35.5. The first-order valence-corrected chi connectivity index (χ1v) is 4.48. The predicted molar refractivity (Wildman–Crippen MR) is 48.4 cm³/mol. The summed E-state index contributed by atoms with van der Waals surface area (Å²) in [7, 11) is 0. The van der Waals surface area contributed by atoms with E-state index < -0.39 is 5.82 Å². The van der Waals surface area contributed by atoms with Crippen LogP contribution in [0.1, 0.15) is 18.0 Å². The lowest BCUT2D eigenvalue weighted by Gasteiger charge is -2.28. The number of aromatic hydroxyl groups is 1. The van der Waals surface area contributed by atoms with Gasteiger partial charge in [0, 0.05) is 11.6 Å². The van der Waals surface area contributed by atoms with Gasteiger partial charge in [0.15, 0.2) is 0 Å². The predicted octanol–water partition coefficient (Wildman–Crippen LogP) is 2.22. The zero-order valence-electron chi connectivity index (χ0n) is 6.85. The minimum Gasteiger partial charge on any atom is -0.506 e. The number of phenolic OH excluding ortho intramolecular Hbond substituents is 1. The van der Waals surface area contributed by atoms with E-state index in [1.807, 2.05) is 0 Å². The molecular formula is C9H9ClFNO. The molecule has 1 aromatic carbocycles. The third kappa shape index (κ3) is 1.38. The van der Waals surface area contributed by atoms with Crippen molar-refractivity contribution in [2.45, 2.75) is 12.5 Å². The first-order valence-electron chi connectivity index (χ1n) is 4.10. The van der Waals surface area contributed by atoms with E-state index in [0.29, 0.717) is 5.56 Å². The van der Waals surface area contributed by atoms with Gasteiger partial charge in [0.1, 0.15) is 16.6 Å². The fraction of sp³-hybridized carbons (Fsp3) is 0.333. The van der Waals surface area contributed by atoms with Crippen molar-refractivity contribution in [1.29, 1.82) is 0 Å². The Morgan fingerprint density at radius 1 is 1.54 bits per heavy atom. The number of nitrogens with one attached hydrogen (secondary N) is 1. The second kappa shape index (κ2) is 3.16. The second-order valence-electron chi connectivity index (χ2n) is 3.09. The van der Waals surface area contributed by atoms with Gasteiger partial charge >= 0.3 is 0 Å². The van der Waals surface area contributed by atoms with Gasteiger partial charge < -0.3 is 10.4 Å². The summed E-state index contributed by atoms with van der Waals surface area (Å²) in [5.74, 6) is -0.721. The summed E-state index contributed by atoms with van der Waals surface area (Å²) in [6, 6.07) is 2.96. The molecule has 2 nitrogen and oxygen atoms in total. The van der Waals surface area contributed by atoms with Gasteiger partial charge in [-0.3, -0.25) is 0 Å². The van der Waals surface area contributed by atoms with Gasteiger partial charge in [-0.05, 0) is 19.0 Å². The first kappa shape index (κ1) is 8.78. The number of halogens is 2. The number of hydrogen-bond donors (Lipinski definition) is 2. The molecule has 0 radical (unpaired) electrons. The van der Waals surface area contributed by atoms with Crippen LogP contribution in [0.25, 0.3) is 0 Å². The van der Waals surface area contributed by atoms with Crippen LogP contribution in [0, 0.1) is 5.82 Å². The molecule has 0 aliphatic carbocycles. The molecule has 0 spiro atoms. The van der Waals surface area contributed by atoms with Gasteiger partial charge in [-0.15, -0.1) is 0 Å². The van der Waals surface area contributed by atoms with Gasteiger partial charge in [-0.2, -0.15) is 0 Å². The largest absolute Gasteiger partial charge is 0.506 e. The van der Waals surface area contributed by atoms with Crippen LogP contribution >= 0.6 is 11.6 Å². The fourth-order valence-corrected chi connectivity index (χ4v) is 1.56. The minimum absolute atomic E-state index is 0.123. The lowest BCUT2D eigenvalue weighted by atomic mass is 9.97. The molecule has 1 heterocycles. The molecule has 1 aliphatic rings. The van der Waals surface area contributed by atoms with E-state index in [4.69, 9.17) is 11.6 Å². The van der Waals surface area contributed by atoms with Crippen molar-refractivity contribution < 1.29 is 9.50 Å². The Morgan fingerprint density at radius 3 is 2.77 bits per heavy atom. The fourth-order valence-electron chi connectivity index (χ4n) is 1.39. The molecule has 13 heavy (non-hydrogen) atoms. The number of phenols is 1. The first-order chi connectivity index (χ1) is 6.20. The van der Waals surface area contributed by atoms with Crippen molar-refractivity contribution >= 4 is 11.6 Å². The molecule has 0 bridgehead atoms. The molecule has 2 N–H and O–H groups in total. The highest BCUT2D eigenvalue weighted by molar-refractivity contribution is 6.32. The maximum Gasteiger partial charge on any atom is 0.145 e. The Balaban J connectivity index is 2.41. The molecule has 0 aromatic heterocycles. The molecule has 1 aromatic rings. The lowest BCUT2D eigenvalue weighted by Crippen LogP contribution is -2.34. The highest BCUT2D eigenvalue weighted by Crippen LogP contribution is 2.36. The monoisotopic (exact) mass is 201 g/mol. The van der Waals surface area contributed by atoms with Crippen molar-refractivity contribution in [1.82, 2.24) is 5.32 Å². The van der Waals surface area contributed by atoms with E-state index in [1.165, 1.54) is 6.07 Å². The summed E-state index contributed by atoms with van der Waals surface area (Å²) < 4.78 is 12.8. The van der Waals surface area contributed by atoms with E-state index >= 15 is 0 Å². The molecule has 2 rings (SSSR count). The average molecular weight is 202 g/mol. The maximum atomic E-state index is 12.8.